The number of hydrogen-bond acceptors (Lipinski definition) is 3. The lowest BCUT2D eigenvalue weighted by molar-refractivity contribution is -0.124. The van der Waals surface area contributed by atoms with Crippen LogP contribution in [0.2, 0.25) is 0 Å². The molecule has 9 heavy (non-hydrogen) atoms. The second-order valence-electron chi connectivity index (χ2n) is 1.47. The van der Waals surface area contributed by atoms with E-state index in [9.17, 15) is 9.59 Å². The average Bonchev–Trinajstić information content (AvgIpc) is 2.20. The molecule has 5 heteroatoms. The molecule has 52 valence electrons. The van der Waals surface area contributed by atoms with Crippen LogP contribution >= 0.6 is 11.8 Å². The Hall–Kier alpha value is -0.610. The predicted molar refractivity (Wildman–Crippen MR) is 32.4 cm³/mol. The highest BCUT2D eigenvalue weighted by molar-refractivity contribution is 6.11. The summed E-state index contributed by atoms with van der Waals surface area (Å²) < 4.78 is 0. The second-order valence-corrected chi connectivity index (χ2v) is 1.47. The number of amides is 2. The minimum absolute atomic E-state index is 0.148. The number of halogens is 1. The van der Waals surface area contributed by atoms with Crippen molar-refractivity contribution in [3.05, 3.63) is 0 Å². The summed E-state index contributed by atoms with van der Waals surface area (Å²) in [6.07, 6.45) is 0.748. The molecule has 0 spiro atoms. The van der Waals surface area contributed by atoms with Gasteiger partial charge < -0.3 is 0 Å². The van der Waals surface area contributed by atoms with Crippen LogP contribution in [0.25, 0.3) is 0 Å². The Bertz CT molecular complexity index is 112. The molecule has 0 saturated carbocycles. The lowest BCUT2D eigenvalue weighted by atomic mass is 10.4. The summed E-state index contributed by atoms with van der Waals surface area (Å²) in [6.45, 7) is 0. The number of nitrogens with two attached hydrogens (primary N) is 1. The van der Waals surface area contributed by atoms with Crippen LogP contribution in [0.5, 0.6) is 0 Å². The van der Waals surface area contributed by atoms with Crippen molar-refractivity contribution in [1.82, 2.24) is 5.32 Å². The van der Waals surface area contributed by atoms with Gasteiger partial charge in [-0.3, -0.25) is 14.9 Å². The largest absolute Gasteiger partial charge is 0.296 e. The van der Waals surface area contributed by atoms with Crippen molar-refractivity contribution in [3.63, 3.8) is 0 Å². The summed E-state index contributed by atoms with van der Waals surface area (Å²) in [5.41, 5.74) is 0. The van der Waals surface area contributed by atoms with E-state index in [1.807, 2.05) is 0 Å². The number of nitrogens with one attached hydrogen (secondary N) is 1. The molecule has 1 aliphatic heterocycles. The van der Waals surface area contributed by atoms with Crippen molar-refractivity contribution in [1.29, 1.82) is 0 Å². The van der Waals surface area contributed by atoms with Crippen molar-refractivity contribution in [2.75, 3.05) is 0 Å². The Morgan fingerprint density at radius 3 is 1.67 bits per heavy atom. The monoisotopic (exact) mass is 150 g/mol. The van der Waals surface area contributed by atoms with E-state index >= 15 is 0 Å². The van der Waals surface area contributed by atoms with Crippen molar-refractivity contribution in [3.8, 4) is 0 Å². The van der Waals surface area contributed by atoms with Gasteiger partial charge in [0.05, 0.1) is 0 Å². The molecule has 0 aromatic carbocycles. The maximum Gasteiger partial charge on any atom is 0.227 e. The SMILES string of the molecule is NCl.O=C1CCC(=O)N1. The summed E-state index contributed by atoms with van der Waals surface area (Å²) in [5.74, 6) is -0.296. The van der Waals surface area contributed by atoms with Gasteiger partial charge in [-0.1, -0.05) is 0 Å². The van der Waals surface area contributed by atoms with Gasteiger partial charge in [0.2, 0.25) is 11.8 Å². The molecule has 1 heterocycles. The number of carbonyl (C=O) groups excluding carboxylic acids is 2. The lowest BCUT2D eigenvalue weighted by Gasteiger charge is -1.79. The molecule has 3 N–H and O–H groups in total. The minimum atomic E-state index is -0.148. The first-order chi connectivity index (χ1) is 4.29. The van der Waals surface area contributed by atoms with Gasteiger partial charge >= 0.3 is 0 Å². The quantitative estimate of drug-likeness (QED) is 0.362. The van der Waals surface area contributed by atoms with Crippen molar-refractivity contribution < 1.29 is 9.59 Å². The predicted octanol–water partition coefficient (Wildman–Crippen LogP) is -0.478. The number of carbonyl (C=O) groups is 2. The van der Waals surface area contributed by atoms with E-state index in [1.165, 1.54) is 0 Å². The van der Waals surface area contributed by atoms with E-state index in [-0.39, 0.29) is 11.8 Å². The lowest BCUT2D eigenvalue weighted by Crippen LogP contribution is -2.18. The zero-order chi connectivity index (χ0) is 7.28. The molecule has 0 aliphatic carbocycles. The highest BCUT2D eigenvalue weighted by Crippen LogP contribution is 1.95. The van der Waals surface area contributed by atoms with E-state index in [0.717, 1.165) is 0 Å². The van der Waals surface area contributed by atoms with E-state index in [2.05, 4.69) is 22.3 Å². The Balaban J connectivity index is 0.000000291. The van der Waals surface area contributed by atoms with Crippen LogP contribution in [-0.4, -0.2) is 11.8 Å². The van der Waals surface area contributed by atoms with Crippen LogP contribution in [0.1, 0.15) is 12.8 Å². The molecule has 0 radical (unpaired) electrons. The second kappa shape index (κ2) is 4.29. The first kappa shape index (κ1) is 8.39. The van der Waals surface area contributed by atoms with Crippen LogP contribution < -0.4 is 10.6 Å². The standard InChI is InChI=1S/C4H5NO2.ClH2N/c6-3-1-2-4(7)5-3;1-2/h1-2H2,(H,5,6,7);2H2. The summed E-state index contributed by atoms with van der Waals surface area (Å²) in [6, 6.07) is 0. The smallest absolute Gasteiger partial charge is 0.227 e. The van der Waals surface area contributed by atoms with Gasteiger partial charge in [-0.15, -0.1) is 0 Å². The maximum atomic E-state index is 10.1. The molecule has 1 rings (SSSR count). The Morgan fingerprint density at radius 1 is 1.22 bits per heavy atom. The molecule has 0 atom stereocenters. The summed E-state index contributed by atoms with van der Waals surface area (Å²) in [7, 11) is 0. The first-order valence-corrected chi connectivity index (χ1v) is 2.77. The molecule has 1 saturated heterocycles. The van der Waals surface area contributed by atoms with Crippen LogP contribution in [0.4, 0.5) is 0 Å². The average molecular weight is 151 g/mol. The third-order valence-electron chi connectivity index (χ3n) is 0.858. The van der Waals surface area contributed by atoms with Crippen LogP contribution in [-0.2, 0) is 9.59 Å². The number of hydrogen-bond donors (Lipinski definition) is 2. The summed E-state index contributed by atoms with van der Waals surface area (Å²) >= 11 is 4.14. The van der Waals surface area contributed by atoms with Crippen LogP contribution in [0.3, 0.4) is 0 Å². The minimum Gasteiger partial charge on any atom is -0.296 e. The zero-order valence-electron chi connectivity index (χ0n) is 4.69. The van der Waals surface area contributed by atoms with Gasteiger partial charge in [0.1, 0.15) is 0 Å². The normalized spacial score (nSPS) is 16.2. The molecule has 4 nitrogen and oxygen atoms in total. The molecule has 0 bridgehead atoms. The first-order valence-electron chi connectivity index (χ1n) is 2.33. The van der Waals surface area contributed by atoms with Crippen LogP contribution in [0, 0.1) is 0 Å². The topological polar surface area (TPSA) is 72.2 Å². The maximum absolute atomic E-state index is 10.1. The third-order valence-corrected chi connectivity index (χ3v) is 0.858. The van der Waals surface area contributed by atoms with Gasteiger partial charge in [-0.2, -0.15) is 0 Å². The number of rotatable bonds is 0. The van der Waals surface area contributed by atoms with E-state index < -0.39 is 0 Å². The molecular formula is C4H7ClN2O2. The van der Waals surface area contributed by atoms with Gasteiger partial charge in [0.15, 0.2) is 0 Å². The highest BCUT2D eigenvalue weighted by atomic mass is 35.5. The van der Waals surface area contributed by atoms with Gasteiger partial charge in [0.25, 0.3) is 0 Å². The van der Waals surface area contributed by atoms with Gasteiger partial charge in [-0.25, -0.2) is 5.25 Å². The molecule has 2 amide bonds. The molecule has 0 unspecified atom stereocenters. The van der Waals surface area contributed by atoms with Crippen LogP contribution in [0.15, 0.2) is 0 Å². The van der Waals surface area contributed by atoms with E-state index in [1.54, 1.807) is 0 Å². The summed E-state index contributed by atoms with van der Waals surface area (Å²) in [4.78, 5) is 20.2. The summed E-state index contributed by atoms with van der Waals surface area (Å²) in [5, 5.41) is 6.11. The highest BCUT2D eigenvalue weighted by Gasteiger charge is 2.15. The Morgan fingerprint density at radius 2 is 1.56 bits per heavy atom. The van der Waals surface area contributed by atoms with E-state index in [4.69, 9.17) is 0 Å². The molecule has 0 aromatic heterocycles. The molecule has 0 aromatic rings. The fourth-order valence-corrected chi connectivity index (χ4v) is 0.508. The van der Waals surface area contributed by atoms with Crippen molar-refractivity contribution in [2.24, 2.45) is 5.25 Å². The van der Waals surface area contributed by atoms with E-state index in [0.29, 0.717) is 12.8 Å². The van der Waals surface area contributed by atoms with Crippen molar-refractivity contribution in [2.45, 2.75) is 12.8 Å². The molecule has 1 fully saturated rings. The van der Waals surface area contributed by atoms with Gasteiger partial charge in [0, 0.05) is 12.8 Å². The zero-order valence-corrected chi connectivity index (χ0v) is 5.44. The molecular weight excluding hydrogens is 144 g/mol. The third kappa shape index (κ3) is 3.05. The fraction of sp³-hybridized carbons (Fsp3) is 0.500. The fourth-order valence-electron chi connectivity index (χ4n) is 0.508. The molecule has 1 aliphatic rings. The Kier molecular flexibility index (Phi) is 4.00. The van der Waals surface area contributed by atoms with Gasteiger partial charge in [-0.05, 0) is 11.8 Å². The number of imide groups is 1. The van der Waals surface area contributed by atoms with Crippen molar-refractivity contribution >= 4 is 23.6 Å². The Labute approximate surface area is 57.5 Å².